The fourth-order valence-corrected chi connectivity index (χ4v) is 2.69. The zero-order valence-electron chi connectivity index (χ0n) is 9.87. The molecule has 1 saturated carbocycles. The van der Waals surface area contributed by atoms with Crippen LogP contribution < -0.4 is 5.32 Å². The molecule has 3 nitrogen and oxygen atoms in total. The summed E-state index contributed by atoms with van der Waals surface area (Å²) in [4.78, 5) is 11.7. The largest absolute Gasteiger partial charge is 0.378 e. The molecular weight excluding hydrogens is 222 g/mol. The predicted molar refractivity (Wildman–Crippen MR) is 66.7 cm³/mol. The van der Waals surface area contributed by atoms with Crippen molar-refractivity contribution in [1.29, 1.82) is 0 Å². The molecule has 2 unspecified atom stereocenters. The minimum absolute atomic E-state index is 0.186. The van der Waals surface area contributed by atoms with E-state index in [4.69, 9.17) is 4.74 Å². The van der Waals surface area contributed by atoms with Crippen molar-refractivity contribution in [2.24, 2.45) is 11.3 Å². The third-order valence-corrected chi connectivity index (χ3v) is 4.59. The summed E-state index contributed by atoms with van der Waals surface area (Å²) >= 11 is 4.31. The molecule has 2 fully saturated rings. The Bertz CT molecular complexity index is 266. The average Bonchev–Trinajstić information content (AvgIpc) is 2.92. The number of rotatable bonds is 5. The number of hydrogen-bond donors (Lipinski definition) is 2. The highest BCUT2D eigenvalue weighted by atomic mass is 32.1. The van der Waals surface area contributed by atoms with Gasteiger partial charge < -0.3 is 10.1 Å². The first-order valence-electron chi connectivity index (χ1n) is 6.14. The van der Waals surface area contributed by atoms with Gasteiger partial charge in [-0.25, -0.2) is 0 Å². The Kier molecular flexibility index (Phi) is 3.80. The zero-order chi connectivity index (χ0) is 11.6. The maximum Gasteiger partial charge on any atom is 0.220 e. The van der Waals surface area contributed by atoms with Crippen LogP contribution >= 0.6 is 12.6 Å². The molecule has 0 aromatic heterocycles. The lowest BCUT2D eigenvalue weighted by Crippen LogP contribution is -2.33. The smallest absolute Gasteiger partial charge is 0.220 e. The van der Waals surface area contributed by atoms with Gasteiger partial charge in [0, 0.05) is 25.5 Å². The molecule has 2 rings (SSSR count). The Hall–Kier alpha value is -0.220. The fraction of sp³-hybridized carbons (Fsp3) is 0.917. The van der Waals surface area contributed by atoms with Gasteiger partial charge in [0.2, 0.25) is 5.91 Å². The molecule has 1 amide bonds. The number of amides is 1. The molecule has 0 spiro atoms. The number of carbonyl (C=O) groups is 1. The molecule has 0 aromatic carbocycles. The van der Waals surface area contributed by atoms with Gasteiger partial charge in [0.15, 0.2) is 0 Å². The zero-order valence-corrected chi connectivity index (χ0v) is 10.8. The molecule has 2 atom stereocenters. The van der Waals surface area contributed by atoms with E-state index in [1.165, 1.54) is 0 Å². The van der Waals surface area contributed by atoms with Crippen molar-refractivity contribution in [3.63, 3.8) is 0 Å². The van der Waals surface area contributed by atoms with Gasteiger partial charge in [0.1, 0.15) is 0 Å². The summed E-state index contributed by atoms with van der Waals surface area (Å²) in [7, 11) is 0. The van der Waals surface area contributed by atoms with Crippen molar-refractivity contribution < 1.29 is 9.53 Å². The Labute approximate surface area is 103 Å². The second kappa shape index (κ2) is 4.96. The van der Waals surface area contributed by atoms with Crippen LogP contribution in [0, 0.1) is 11.3 Å². The third-order valence-electron chi connectivity index (χ3n) is 3.92. The van der Waals surface area contributed by atoms with E-state index in [9.17, 15) is 4.79 Å². The molecule has 0 bridgehead atoms. The first-order valence-corrected chi connectivity index (χ1v) is 6.78. The monoisotopic (exact) mass is 243 g/mol. The van der Waals surface area contributed by atoms with Crippen LogP contribution in [0.25, 0.3) is 0 Å². The highest BCUT2D eigenvalue weighted by Gasteiger charge is 2.42. The third kappa shape index (κ3) is 2.92. The highest BCUT2D eigenvalue weighted by Crippen LogP contribution is 2.49. The van der Waals surface area contributed by atoms with Crippen LogP contribution in [0.4, 0.5) is 0 Å². The van der Waals surface area contributed by atoms with Gasteiger partial charge in [-0.3, -0.25) is 4.79 Å². The normalized spacial score (nSPS) is 31.4. The fourth-order valence-electron chi connectivity index (χ4n) is 2.26. The summed E-state index contributed by atoms with van der Waals surface area (Å²) in [5.74, 6) is 1.52. The molecule has 1 aliphatic heterocycles. The van der Waals surface area contributed by atoms with Crippen LogP contribution in [0.15, 0.2) is 0 Å². The van der Waals surface area contributed by atoms with E-state index in [2.05, 4.69) is 24.9 Å². The molecule has 0 radical (unpaired) electrons. The van der Waals surface area contributed by atoms with E-state index in [0.717, 1.165) is 38.2 Å². The lowest BCUT2D eigenvalue weighted by atomic mass is 10.0. The molecule has 0 aromatic rings. The van der Waals surface area contributed by atoms with Gasteiger partial charge >= 0.3 is 0 Å². The van der Waals surface area contributed by atoms with E-state index >= 15 is 0 Å². The van der Waals surface area contributed by atoms with E-state index in [0.29, 0.717) is 18.4 Å². The van der Waals surface area contributed by atoms with Crippen molar-refractivity contribution in [1.82, 2.24) is 5.32 Å². The molecule has 4 heteroatoms. The maximum atomic E-state index is 11.7. The number of ether oxygens (including phenoxy) is 1. The highest BCUT2D eigenvalue weighted by molar-refractivity contribution is 7.80. The molecule has 1 aliphatic carbocycles. The van der Waals surface area contributed by atoms with E-state index in [-0.39, 0.29) is 11.3 Å². The number of carbonyl (C=O) groups excluding carboxylic acids is 1. The second-order valence-electron chi connectivity index (χ2n) is 5.26. The standard InChI is InChI=1S/C12H21NO2S/c1-9-10(2-5-15-9)7-13-11(14)6-12(8-16)3-4-12/h9-10,16H,2-8H2,1H3,(H,13,14). The lowest BCUT2D eigenvalue weighted by molar-refractivity contribution is -0.122. The quantitative estimate of drug-likeness (QED) is 0.720. The Morgan fingerprint density at radius 3 is 2.81 bits per heavy atom. The van der Waals surface area contributed by atoms with Crippen molar-refractivity contribution in [2.75, 3.05) is 18.9 Å². The van der Waals surface area contributed by atoms with Crippen molar-refractivity contribution in [3.05, 3.63) is 0 Å². The Morgan fingerprint density at radius 1 is 1.56 bits per heavy atom. The van der Waals surface area contributed by atoms with Gasteiger partial charge in [-0.2, -0.15) is 12.6 Å². The minimum atomic E-state index is 0.186. The predicted octanol–water partition coefficient (Wildman–Crippen LogP) is 1.63. The van der Waals surface area contributed by atoms with Crippen molar-refractivity contribution >= 4 is 18.5 Å². The molecular formula is C12H21NO2S. The van der Waals surface area contributed by atoms with Gasteiger partial charge in [0.25, 0.3) is 0 Å². The number of thiol groups is 1. The minimum Gasteiger partial charge on any atom is -0.378 e. The summed E-state index contributed by atoms with van der Waals surface area (Å²) in [6.45, 7) is 3.69. The van der Waals surface area contributed by atoms with Crippen LogP contribution in [0.1, 0.15) is 32.6 Å². The summed E-state index contributed by atoms with van der Waals surface area (Å²) in [6.07, 6.45) is 4.33. The summed E-state index contributed by atoms with van der Waals surface area (Å²) in [5.41, 5.74) is 0.227. The van der Waals surface area contributed by atoms with Crippen LogP contribution in [-0.4, -0.2) is 30.9 Å². The Morgan fingerprint density at radius 2 is 2.31 bits per heavy atom. The van der Waals surface area contributed by atoms with Crippen LogP contribution in [0.3, 0.4) is 0 Å². The molecule has 1 N–H and O–H groups in total. The summed E-state index contributed by atoms with van der Waals surface area (Å²) in [6, 6.07) is 0. The second-order valence-corrected chi connectivity index (χ2v) is 5.58. The first-order chi connectivity index (χ1) is 7.65. The molecule has 16 heavy (non-hydrogen) atoms. The van der Waals surface area contributed by atoms with E-state index in [1.54, 1.807) is 0 Å². The maximum absolute atomic E-state index is 11.7. The van der Waals surface area contributed by atoms with Crippen LogP contribution in [0.2, 0.25) is 0 Å². The number of hydrogen-bond acceptors (Lipinski definition) is 3. The van der Waals surface area contributed by atoms with Gasteiger partial charge in [-0.15, -0.1) is 0 Å². The molecule has 1 saturated heterocycles. The topological polar surface area (TPSA) is 38.3 Å². The lowest BCUT2D eigenvalue weighted by Gasteiger charge is -2.16. The van der Waals surface area contributed by atoms with Gasteiger partial charge in [-0.05, 0) is 37.4 Å². The van der Waals surface area contributed by atoms with Crippen LogP contribution in [-0.2, 0) is 9.53 Å². The van der Waals surface area contributed by atoms with Gasteiger partial charge in [0.05, 0.1) is 6.10 Å². The first kappa shape index (κ1) is 12.2. The molecule has 92 valence electrons. The van der Waals surface area contributed by atoms with Crippen molar-refractivity contribution in [3.8, 4) is 0 Å². The summed E-state index contributed by atoms with van der Waals surface area (Å²) in [5, 5.41) is 3.03. The van der Waals surface area contributed by atoms with Gasteiger partial charge in [-0.1, -0.05) is 0 Å². The van der Waals surface area contributed by atoms with Crippen LogP contribution in [0.5, 0.6) is 0 Å². The average molecular weight is 243 g/mol. The SMILES string of the molecule is CC1OCCC1CNC(=O)CC1(CS)CC1. The summed E-state index contributed by atoms with van der Waals surface area (Å²) < 4.78 is 5.47. The van der Waals surface area contributed by atoms with Crippen molar-refractivity contribution in [2.45, 2.75) is 38.7 Å². The Balaban J connectivity index is 1.67. The number of nitrogens with one attached hydrogen (secondary N) is 1. The molecule has 2 aliphatic rings. The van der Waals surface area contributed by atoms with E-state index < -0.39 is 0 Å². The molecule has 1 heterocycles. The van der Waals surface area contributed by atoms with E-state index in [1.807, 2.05) is 0 Å².